The molecule has 284 valence electrons. The first-order valence-electron chi connectivity index (χ1n) is 16.4. The lowest BCUT2D eigenvalue weighted by atomic mass is 9.81. The van der Waals surface area contributed by atoms with E-state index < -0.39 is 70.2 Å². The number of benzene rings is 4. The molecule has 0 fully saturated rings. The second-order valence-corrected chi connectivity index (χ2v) is 12.7. The SMILES string of the molecule is CCOC(=O)C(COC(=O)Cc1cc(C(=O)N(C)C)c(NC(=O)c2ccccc2-c2ccc(C(F)(F)F)cc2)c(Br)c1F)(C(=O)OCC)c1ccccc1. The van der Waals surface area contributed by atoms with Gasteiger partial charge in [0.25, 0.3) is 11.8 Å². The molecule has 0 heterocycles. The molecule has 1 N–H and O–H groups in total. The van der Waals surface area contributed by atoms with Gasteiger partial charge in [0.2, 0.25) is 5.41 Å². The van der Waals surface area contributed by atoms with E-state index in [9.17, 15) is 37.1 Å². The Hall–Kier alpha value is -5.57. The van der Waals surface area contributed by atoms with E-state index in [0.717, 1.165) is 23.1 Å². The molecule has 0 atom stereocenters. The molecule has 10 nitrogen and oxygen atoms in total. The Kier molecular flexibility index (Phi) is 13.4. The van der Waals surface area contributed by atoms with E-state index in [1.54, 1.807) is 24.3 Å². The first-order chi connectivity index (χ1) is 25.6. The lowest BCUT2D eigenvalue weighted by Gasteiger charge is -2.29. The average Bonchev–Trinajstić information content (AvgIpc) is 3.14. The van der Waals surface area contributed by atoms with Gasteiger partial charge in [0.05, 0.1) is 40.9 Å². The molecule has 0 bridgehead atoms. The van der Waals surface area contributed by atoms with Crippen molar-refractivity contribution in [3.63, 3.8) is 0 Å². The maximum atomic E-state index is 16.0. The van der Waals surface area contributed by atoms with Crippen molar-refractivity contribution >= 4 is 51.3 Å². The standard InChI is InChI=1S/C39H35BrF4N2O8/c1-5-52-36(50)38(37(51)53-6-2,25-12-8-7-9-13-25)22-54-30(47)21-24-20-29(35(49)46(3)4)33(31(40)32(24)41)45-34(48)28-15-11-10-14-27(28)23-16-18-26(19-17-23)39(42,43)44/h7-20H,5-6,21-22H2,1-4H3,(H,45,48). The van der Waals surface area contributed by atoms with E-state index in [0.29, 0.717) is 5.56 Å². The van der Waals surface area contributed by atoms with Crippen LogP contribution in [-0.4, -0.2) is 68.5 Å². The Balaban J connectivity index is 1.68. The Morgan fingerprint density at radius 2 is 1.33 bits per heavy atom. The Morgan fingerprint density at radius 1 is 0.759 bits per heavy atom. The van der Waals surface area contributed by atoms with E-state index in [1.165, 1.54) is 70.4 Å². The molecule has 2 amide bonds. The van der Waals surface area contributed by atoms with Gasteiger partial charge in [-0.05, 0) is 70.7 Å². The molecule has 0 radical (unpaired) electrons. The van der Waals surface area contributed by atoms with Crippen LogP contribution >= 0.6 is 15.9 Å². The number of rotatable bonds is 13. The number of carbonyl (C=O) groups excluding carboxylic acids is 5. The Bertz CT molecular complexity index is 2020. The van der Waals surface area contributed by atoms with E-state index in [1.807, 2.05) is 0 Å². The van der Waals surface area contributed by atoms with Crippen molar-refractivity contribution < 1.29 is 55.7 Å². The van der Waals surface area contributed by atoms with Gasteiger partial charge >= 0.3 is 24.1 Å². The summed E-state index contributed by atoms with van der Waals surface area (Å²) in [6.07, 6.45) is -5.35. The van der Waals surface area contributed by atoms with Crippen molar-refractivity contribution in [2.75, 3.05) is 39.2 Å². The van der Waals surface area contributed by atoms with Crippen molar-refractivity contribution in [3.8, 4) is 11.1 Å². The molecule has 0 saturated carbocycles. The van der Waals surface area contributed by atoms with Crippen LogP contribution < -0.4 is 5.32 Å². The molecular weight excluding hydrogens is 780 g/mol. The highest BCUT2D eigenvalue weighted by Gasteiger charge is 2.52. The number of alkyl halides is 3. The average molecular weight is 816 g/mol. The van der Waals surface area contributed by atoms with Gasteiger partial charge in [-0.15, -0.1) is 0 Å². The van der Waals surface area contributed by atoms with Crippen molar-refractivity contribution in [1.82, 2.24) is 4.90 Å². The number of anilines is 1. The van der Waals surface area contributed by atoms with Crippen molar-refractivity contribution in [1.29, 1.82) is 0 Å². The molecule has 0 aliphatic carbocycles. The number of hydrogen-bond donors (Lipinski definition) is 1. The van der Waals surface area contributed by atoms with Gasteiger partial charge in [-0.3, -0.25) is 24.0 Å². The molecule has 4 aromatic rings. The molecule has 15 heteroatoms. The summed E-state index contributed by atoms with van der Waals surface area (Å²) in [5.41, 5.74) is -3.25. The van der Waals surface area contributed by atoms with Gasteiger partial charge in [0, 0.05) is 25.2 Å². The molecule has 4 aromatic carbocycles. The number of esters is 3. The quantitative estimate of drug-likeness (QED) is 0.0642. The summed E-state index contributed by atoms with van der Waals surface area (Å²) in [6.45, 7) is 2.00. The van der Waals surface area contributed by atoms with Crippen molar-refractivity contribution in [2.45, 2.75) is 31.9 Å². The second kappa shape index (κ2) is 17.5. The number of ether oxygens (including phenoxy) is 3. The molecule has 0 saturated heterocycles. The van der Waals surface area contributed by atoms with E-state index in [2.05, 4.69) is 21.2 Å². The monoisotopic (exact) mass is 814 g/mol. The smallest absolute Gasteiger partial charge is 0.416 e. The summed E-state index contributed by atoms with van der Waals surface area (Å²) in [7, 11) is 2.82. The molecule has 0 spiro atoms. The molecule has 4 rings (SSSR count). The van der Waals surface area contributed by atoms with Crippen LogP contribution in [0.15, 0.2) is 89.4 Å². The fourth-order valence-corrected chi connectivity index (χ4v) is 6.01. The predicted molar refractivity (Wildman–Crippen MR) is 193 cm³/mol. The maximum absolute atomic E-state index is 16.0. The zero-order valence-electron chi connectivity index (χ0n) is 29.5. The third-order valence-corrected chi connectivity index (χ3v) is 8.90. The molecule has 0 aromatic heterocycles. The molecule has 0 aliphatic rings. The highest BCUT2D eigenvalue weighted by Crippen LogP contribution is 2.36. The summed E-state index contributed by atoms with van der Waals surface area (Å²) in [4.78, 5) is 68.2. The second-order valence-electron chi connectivity index (χ2n) is 11.9. The fraction of sp³-hybridized carbons (Fsp3) is 0.256. The van der Waals surface area contributed by atoms with E-state index in [-0.39, 0.29) is 46.7 Å². The lowest BCUT2D eigenvalue weighted by Crippen LogP contribution is -2.50. The number of nitrogens with zero attached hydrogens (tertiary/aromatic N) is 1. The van der Waals surface area contributed by atoms with Crippen molar-refractivity contribution in [3.05, 3.63) is 123 Å². The van der Waals surface area contributed by atoms with Crippen LogP contribution in [0, 0.1) is 5.82 Å². The Labute approximate surface area is 316 Å². The third-order valence-electron chi connectivity index (χ3n) is 8.15. The van der Waals surface area contributed by atoms with Gasteiger partial charge in [-0.2, -0.15) is 13.2 Å². The summed E-state index contributed by atoms with van der Waals surface area (Å²) in [6, 6.07) is 19.0. The summed E-state index contributed by atoms with van der Waals surface area (Å²) in [5.74, 6) is -5.70. The third kappa shape index (κ3) is 8.96. The first kappa shape index (κ1) is 41.2. The molecule has 54 heavy (non-hydrogen) atoms. The highest BCUT2D eigenvalue weighted by atomic mass is 79.9. The number of carbonyl (C=O) groups is 5. The van der Waals surface area contributed by atoms with Gasteiger partial charge in [0.1, 0.15) is 12.4 Å². The van der Waals surface area contributed by atoms with Crippen LogP contribution in [0.2, 0.25) is 0 Å². The van der Waals surface area contributed by atoms with Crippen molar-refractivity contribution in [2.24, 2.45) is 0 Å². The van der Waals surface area contributed by atoms with Crippen LogP contribution in [0.25, 0.3) is 11.1 Å². The van der Waals surface area contributed by atoms with Crippen LogP contribution in [0.5, 0.6) is 0 Å². The number of amides is 2. The Morgan fingerprint density at radius 3 is 1.89 bits per heavy atom. The lowest BCUT2D eigenvalue weighted by molar-refractivity contribution is -0.170. The molecular formula is C39H35BrF4N2O8. The summed E-state index contributed by atoms with van der Waals surface area (Å²) in [5, 5.41) is 2.54. The molecule has 0 unspecified atom stereocenters. The van der Waals surface area contributed by atoms with Crippen LogP contribution in [0.4, 0.5) is 23.2 Å². The van der Waals surface area contributed by atoms with Crippen LogP contribution in [-0.2, 0) is 46.6 Å². The highest BCUT2D eigenvalue weighted by molar-refractivity contribution is 9.10. The van der Waals surface area contributed by atoms with Gasteiger partial charge < -0.3 is 24.4 Å². The largest absolute Gasteiger partial charge is 0.465 e. The van der Waals surface area contributed by atoms with Crippen LogP contribution in [0.3, 0.4) is 0 Å². The first-order valence-corrected chi connectivity index (χ1v) is 17.2. The number of hydrogen-bond acceptors (Lipinski definition) is 8. The van der Waals surface area contributed by atoms with E-state index in [4.69, 9.17) is 14.2 Å². The normalized spacial score (nSPS) is 11.4. The molecule has 0 aliphatic heterocycles. The maximum Gasteiger partial charge on any atom is 0.416 e. The van der Waals surface area contributed by atoms with Crippen LogP contribution in [0.1, 0.15) is 51.3 Å². The van der Waals surface area contributed by atoms with E-state index >= 15 is 4.39 Å². The number of nitrogens with one attached hydrogen (secondary N) is 1. The minimum Gasteiger partial charge on any atom is -0.465 e. The summed E-state index contributed by atoms with van der Waals surface area (Å²) >= 11 is 3.11. The zero-order valence-corrected chi connectivity index (χ0v) is 31.1. The van der Waals surface area contributed by atoms with Gasteiger partial charge in [-0.1, -0.05) is 60.7 Å². The minimum absolute atomic E-state index is 0.00516. The summed E-state index contributed by atoms with van der Waals surface area (Å²) < 4.78 is 70.9. The topological polar surface area (TPSA) is 128 Å². The minimum atomic E-state index is -4.57. The van der Waals surface area contributed by atoms with Gasteiger partial charge in [-0.25, -0.2) is 4.39 Å². The van der Waals surface area contributed by atoms with Gasteiger partial charge in [0.15, 0.2) is 0 Å². The zero-order chi connectivity index (χ0) is 39.8. The predicted octanol–water partition coefficient (Wildman–Crippen LogP) is 7.38. The number of halogens is 5. The fourth-order valence-electron chi connectivity index (χ4n) is 5.44.